The molecule has 2 unspecified atom stereocenters. The zero-order valence-corrected chi connectivity index (χ0v) is 14.2. The lowest BCUT2D eigenvalue weighted by Gasteiger charge is -2.57. The van der Waals surface area contributed by atoms with E-state index in [2.05, 4.69) is 32.2 Å². The molecule has 0 aliphatic heterocycles. The SMILES string of the molecule is CCCNC1CC(c2cccc(Cl)c2Cl)C1(CC)CC. The van der Waals surface area contributed by atoms with Gasteiger partial charge in [0.15, 0.2) is 0 Å². The molecule has 3 heteroatoms. The predicted molar refractivity (Wildman–Crippen MR) is 88.9 cm³/mol. The van der Waals surface area contributed by atoms with Crippen molar-refractivity contribution in [1.82, 2.24) is 5.32 Å². The second-order valence-electron chi connectivity index (χ2n) is 5.88. The van der Waals surface area contributed by atoms with Crippen LogP contribution in [-0.2, 0) is 0 Å². The van der Waals surface area contributed by atoms with E-state index in [1.54, 1.807) is 0 Å². The molecular formula is C17H25Cl2N. The third kappa shape index (κ3) is 2.61. The zero-order valence-electron chi connectivity index (χ0n) is 12.7. The van der Waals surface area contributed by atoms with Crippen molar-refractivity contribution in [3.8, 4) is 0 Å². The van der Waals surface area contributed by atoms with E-state index in [9.17, 15) is 0 Å². The summed E-state index contributed by atoms with van der Waals surface area (Å²) in [5, 5.41) is 5.14. The second kappa shape index (κ2) is 6.68. The Morgan fingerprint density at radius 2 is 1.90 bits per heavy atom. The summed E-state index contributed by atoms with van der Waals surface area (Å²) in [6.07, 6.45) is 4.71. The zero-order chi connectivity index (χ0) is 14.8. The molecule has 0 amide bonds. The van der Waals surface area contributed by atoms with Crippen LogP contribution >= 0.6 is 23.2 Å². The number of benzene rings is 1. The number of hydrogen-bond donors (Lipinski definition) is 1. The van der Waals surface area contributed by atoms with Crippen molar-refractivity contribution in [2.75, 3.05) is 6.54 Å². The van der Waals surface area contributed by atoms with Crippen LogP contribution in [0.1, 0.15) is 57.9 Å². The number of nitrogens with one attached hydrogen (secondary N) is 1. The van der Waals surface area contributed by atoms with Crippen LogP contribution in [0.2, 0.25) is 10.0 Å². The lowest BCUT2D eigenvalue weighted by Crippen LogP contribution is -2.58. The van der Waals surface area contributed by atoms with Crippen molar-refractivity contribution in [1.29, 1.82) is 0 Å². The second-order valence-corrected chi connectivity index (χ2v) is 6.66. The fourth-order valence-electron chi connectivity index (χ4n) is 3.85. The molecule has 112 valence electrons. The van der Waals surface area contributed by atoms with Crippen LogP contribution < -0.4 is 5.32 Å². The average molecular weight is 314 g/mol. The van der Waals surface area contributed by atoms with Gasteiger partial charge in [0.25, 0.3) is 0 Å². The molecule has 1 fully saturated rings. The minimum Gasteiger partial charge on any atom is -0.313 e. The molecule has 0 heterocycles. The van der Waals surface area contributed by atoms with Crippen LogP contribution in [-0.4, -0.2) is 12.6 Å². The highest BCUT2D eigenvalue weighted by Gasteiger charge is 2.53. The Balaban J connectivity index is 2.27. The summed E-state index contributed by atoms with van der Waals surface area (Å²) in [6.45, 7) is 7.92. The van der Waals surface area contributed by atoms with E-state index in [0.717, 1.165) is 11.6 Å². The van der Waals surface area contributed by atoms with Gasteiger partial charge in [-0.3, -0.25) is 0 Å². The molecule has 0 bridgehead atoms. The highest BCUT2D eigenvalue weighted by Crippen LogP contribution is 2.58. The summed E-state index contributed by atoms with van der Waals surface area (Å²) >= 11 is 12.6. The first-order chi connectivity index (χ1) is 9.60. The molecule has 0 spiro atoms. The lowest BCUT2D eigenvalue weighted by atomic mass is 9.51. The van der Waals surface area contributed by atoms with Gasteiger partial charge in [0.2, 0.25) is 0 Å². The molecule has 1 aromatic rings. The molecule has 0 saturated heterocycles. The average Bonchev–Trinajstić information content (AvgIpc) is 2.44. The minimum atomic E-state index is 0.323. The monoisotopic (exact) mass is 313 g/mol. The number of rotatable bonds is 6. The first-order valence-corrected chi connectivity index (χ1v) is 8.53. The largest absolute Gasteiger partial charge is 0.313 e. The maximum absolute atomic E-state index is 6.44. The molecule has 1 aliphatic rings. The van der Waals surface area contributed by atoms with Gasteiger partial charge in [-0.1, -0.05) is 56.1 Å². The van der Waals surface area contributed by atoms with E-state index in [1.165, 1.54) is 31.2 Å². The van der Waals surface area contributed by atoms with E-state index < -0.39 is 0 Å². The van der Waals surface area contributed by atoms with Crippen molar-refractivity contribution < 1.29 is 0 Å². The molecule has 2 rings (SSSR count). The third-order valence-corrected chi connectivity index (χ3v) is 6.01. The van der Waals surface area contributed by atoms with E-state index >= 15 is 0 Å². The minimum absolute atomic E-state index is 0.323. The Morgan fingerprint density at radius 3 is 2.50 bits per heavy atom. The molecule has 0 aromatic heterocycles. The van der Waals surface area contributed by atoms with E-state index in [0.29, 0.717) is 22.4 Å². The van der Waals surface area contributed by atoms with Crippen molar-refractivity contribution >= 4 is 23.2 Å². The number of hydrogen-bond acceptors (Lipinski definition) is 1. The van der Waals surface area contributed by atoms with Crippen molar-refractivity contribution in [3.63, 3.8) is 0 Å². The smallest absolute Gasteiger partial charge is 0.0627 e. The van der Waals surface area contributed by atoms with E-state index in [-0.39, 0.29) is 0 Å². The normalized spacial score (nSPS) is 24.4. The summed E-state index contributed by atoms with van der Waals surface area (Å²) in [5.41, 5.74) is 1.56. The first-order valence-electron chi connectivity index (χ1n) is 7.78. The van der Waals surface area contributed by atoms with Gasteiger partial charge < -0.3 is 5.32 Å². The van der Waals surface area contributed by atoms with Gasteiger partial charge in [0, 0.05) is 6.04 Å². The summed E-state index contributed by atoms with van der Waals surface area (Å²) in [6, 6.07) is 6.65. The summed E-state index contributed by atoms with van der Waals surface area (Å²) < 4.78 is 0. The topological polar surface area (TPSA) is 12.0 Å². The van der Waals surface area contributed by atoms with Gasteiger partial charge in [-0.2, -0.15) is 0 Å². The van der Waals surface area contributed by atoms with Gasteiger partial charge in [-0.25, -0.2) is 0 Å². The highest BCUT2D eigenvalue weighted by atomic mass is 35.5. The highest BCUT2D eigenvalue weighted by molar-refractivity contribution is 6.42. The van der Waals surface area contributed by atoms with Gasteiger partial charge in [-0.05, 0) is 55.2 Å². The van der Waals surface area contributed by atoms with Crippen LogP contribution in [0.15, 0.2) is 18.2 Å². The van der Waals surface area contributed by atoms with E-state index in [1.807, 2.05) is 12.1 Å². The predicted octanol–water partition coefficient (Wildman–Crippen LogP) is 5.66. The van der Waals surface area contributed by atoms with Gasteiger partial charge >= 0.3 is 0 Å². The summed E-state index contributed by atoms with van der Waals surface area (Å²) in [4.78, 5) is 0. The Hall–Kier alpha value is -0.240. The van der Waals surface area contributed by atoms with Crippen LogP contribution in [0.4, 0.5) is 0 Å². The van der Waals surface area contributed by atoms with E-state index in [4.69, 9.17) is 23.2 Å². The molecular weight excluding hydrogens is 289 g/mol. The molecule has 0 radical (unpaired) electrons. The molecule has 1 aliphatic carbocycles. The van der Waals surface area contributed by atoms with Crippen molar-refractivity contribution in [2.45, 2.75) is 58.4 Å². The Labute approximate surface area is 133 Å². The molecule has 20 heavy (non-hydrogen) atoms. The van der Waals surface area contributed by atoms with Gasteiger partial charge in [-0.15, -0.1) is 0 Å². The Kier molecular flexibility index (Phi) is 5.39. The summed E-state index contributed by atoms with van der Waals surface area (Å²) in [7, 11) is 0. The van der Waals surface area contributed by atoms with Crippen molar-refractivity contribution in [2.24, 2.45) is 5.41 Å². The van der Waals surface area contributed by atoms with Crippen LogP contribution in [0.25, 0.3) is 0 Å². The summed E-state index contributed by atoms with van der Waals surface area (Å²) in [5.74, 6) is 0.526. The number of halogens is 2. The lowest BCUT2D eigenvalue weighted by molar-refractivity contribution is 0.0202. The molecule has 1 aromatic carbocycles. The van der Waals surface area contributed by atoms with Gasteiger partial charge in [0.1, 0.15) is 0 Å². The molecule has 1 N–H and O–H groups in total. The van der Waals surface area contributed by atoms with Gasteiger partial charge in [0.05, 0.1) is 10.0 Å². The maximum Gasteiger partial charge on any atom is 0.0627 e. The first kappa shape index (κ1) is 16.1. The third-order valence-electron chi connectivity index (χ3n) is 5.17. The molecule has 1 nitrogen and oxygen atoms in total. The van der Waals surface area contributed by atoms with Crippen LogP contribution in [0.3, 0.4) is 0 Å². The maximum atomic E-state index is 6.44. The molecule has 1 saturated carbocycles. The fourth-order valence-corrected chi connectivity index (χ4v) is 4.29. The Bertz CT molecular complexity index is 454. The van der Waals surface area contributed by atoms with Crippen LogP contribution in [0, 0.1) is 5.41 Å². The fraction of sp³-hybridized carbons (Fsp3) is 0.647. The Morgan fingerprint density at radius 1 is 1.20 bits per heavy atom. The van der Waals surface area contributed by atoms with Crippen LogP contribution in [0.5, 0.6) is 0 Å². The standard InChI is InChI=1S/C17H25Cl2N/c1-4-10-20-15-11-13(17(15,5-2)6-3)12-8-7-9-14(18)16(12)19/h7-9,13,15,20H,4-6,10-11H2,1-3H3. The van der Waals surface area contributed by atoms with Crippen molar-refractivity contribution in [3.05, 3.63) is 33.8 Å². The molecule has 2 atom stereocenters. The quantitative estimate of drug-likeness (QED) is 0.715.